The summed E-state index contributed by atoms with van der Waals surface area (Å²) in [5.74, 6) is 2.56. The summed E-state index contributed by atoms with van der Waals surface area (Å²) in [7, 11) is 3.32. The first kappa shape index (κ1) is 15.2. The van der Waals surface area contributed by atoms with E-state index in [0.29, 0.717) is 6.61 Å². The highest BCUT2D eigenvalue weighted by atomic mass is 16.5. The maximum atomic E-state index is 5.64. The van der Waals surface area contributed by atoms with Gasteiger partial charge in [0, 0.05) is 13.1 Å². The predicted molar refractivity (Wildman–Crippen MR) is 83.2 cm³/mol. The molecule has 4 nitrogen and oxygen atoms in total. The van der Waals surface area contributed by atoms with E-state index in [0.717, 1.165) is 30.3 Å². The molecular formula is C17H21NO3. The van der Waals surface area contributed by atoms with Crippen molar-refractivity contribution in [1.82, 2.24) is 5.32 Å². The maximum Gasteiger partial charge on any atom is 0.119 e. The highest BCUT2D eigenvalue weighted by Gasteiger charge is 1.96. The van der Waals surface area contributed by atoms with E-state index >= 15 is 0 Å². The predicted octanol–water partition coefficient (Wildman–Crippen LogP) is 2.87. The minimum Gasteiger partial charge on any atom is -0.497 e. The molecule has 2 aromatic carbocycles. The lowest BCUT2D eigenvalue weighted by Gasteiger charge is -2.08. The summed E-state index contributed by atoms with van der Waals surface area (Å²) in [6.07, 6.45) is 0. The van der Waals surface area contributed by atoms with Crippen LogP contribution in [0.5, 0.6) is 17.2 Å². The first-order chi connectivity index (χ1) is 10.3. The summed E-state index contributed by atoms with van der Waals surface area (Å²) in [4.78, 5) is 0. The van der Waals surface area contributed by atoms with Gasteiger partial charge in [-0.05, 0) is 42.0 Å². The third kappa shape index (κ3) is 5.00. The molecule has 2 aromatic rings. The molecule has 4 heteroatoms. The maximum absolute atomic E-state index is 5.64. The topological polar surface area (TPSA) is 39.7 Å². The van der Waals surface area contributed by atoms with Crippen LogP contribution in [0.15, 0.2) is 48.5 Å². The second kappa shape index (κ2) is 8.17. The van der Waals surface area contributed by atoms with Crippen LogP contribution in [0.2, 0.25) is 0 Å². The van der Waals surface area contributed by atoms with Crippen molar-refractivity contribution in [3.63, 3.8) is 0 Å². The fourth-order valence-corrected chi connectivity index (χ4v) is 1.89. The summed E-state index contributed by atoms with van der Waals surface area (Å²) < 4.78 is 15.9. The fraction of sp³-hybridized carbons (Fsp3) is 0.294. The molecule has 0 aliphatic heterocycles. The molecule has 0 atom stereocenters. The van der Waals surface area contributed by atoms with E-state index in [1.807, 2.05) is 36.4 Å². The van der Waals surface area contributed by atoms with Crippen LogP contribution < -0.4 is 19.5 Å². The molecule has 0 saturated carbocycles. The van der Waals surface area contributed by atoms with E-state index in [2.05, 4.69) is 17.4 Å². The van der Waals surface area contributed by atoms with Gasteiger partial charge in [0.05, 0.1) is 14.2 Å². The second-order valence-electron chi connectivity index (χ2n) is 4.55. The smallest absolute Gasteiger partial charge is 0.119 e. The lowest BCUT2D eigenvalue weighted by Crippen LogP contribution is -2.20. The van der Waals surface area contributed by atoms with Gasteiger partial charge in [0.2, 0.25) is 0 Å². The Morgan fingerprint density at radius 2 is 1.29 bits per heavy atom. The zero-order chi connectivity index (χ0) is 14.9. The first-order valence-corrected chi connectivity index (χ1v) is 6.92. The molecule has 0 unspecified atom stereocenters. The minimum atomic E-state index is 0.627. The lowest BCUT2D eigenvalue weighted by atomic mass is 10.2. The normalized spacial score (nSPS) is 10.2. The van der Waals surface area contributed by atoms with Crippen molar-refractivity contribution >= 4 is 0 Å². The van der Waals surface area contributed by atoms with Gasteiger partial charge in [-0.2, -0.15) is 0 Å². The number of ether oxygens (including phenoxy) is 3. The molecule has 0 aliphatic carbocycles. The number of hydrogen-bond donors (Lipinski definition) is 1. The number of methoxy groups -OCH3 is 2. The largest absolute Gasteiger partial charge is 0.497 e. The van der Waals surface area contributed by atoms with Crippen LogP contribution in [0.25, 0.3) is 0 Å². The Morgan fingerprint density at radius 3 is 1.86 bits per heavy atom. The molecule has 112 valence electrons. The van der Waals surface area contributed by atoms with Gasteiger partial charge in [0.25, 0.3) is 0 Å². The zero-order valence-electron chi connectivity index (χ0n) is 12.5. The molecular weight excluding hydrogens is 266 g/mol. The van der Waals surface area contributed by atoms with Crippen molar-refractivity contribution in [3.05, 3.63) is 54.1 Å². The summed E-state index contributed by atoms with van der Waals surface area (Å²) in [6.45, 7) is 2.23. The molecule has 0 saturated heterocycles. The Kier molecular flexibility index (Phi) is 5.91. The van der Waals surface area contributed by atoms with E-state index in [1.54, 1.807) is 14.2 Å². The van der Waals surface area contributed by atoms with Crippen molar-refractivity contribution < 1.29 is 14.2 Å². The number of rotatable bonds is 8. The van der Waals surface area contributed by atoms with Crippen LogP contribution in [0.4, 0.5) is 0 Å². The average molecular weight is 287 g/mol. The monoisotopic (exact) mass is 287 g/mol. The van der Waals surface area contributed by atoms with Crippen LogP contribution in [-0.4, -0.2) is 27.4 Å². The van der Waals surface area contributed by atoms with Crippen molar-refractivity contribution in [1.29, 1.82) is 0 Å². The van der Waals surface area contributed by atoms with E-state index in [1.165, 1.54) is 5.56 Å². The van der Waals surface area contributed by atoms with Crippen LogP contribution >= 0.6 is 0 Å². The molecule has 21 heavy (non-hydrogen) atoms. The molecule has 2 rings (SSSR count). The average Bonchev–Trinajstić information content (AvgIpc) is 2.55. The molecule has 0 fully saturated rings. The third-order valence-corrected chi connectivity index (χ3v) is 3.10. The van der Waals surface area contributed by atoms with Gasteiger partial charge < -0.3 is 19.5 Å². The van der Waals surface area contributed by atoms with Gasteiger partial charge in [-0.1, -0.05) is 12.1 Å². The molecule has 0 heterocycles. The Morgan fingerprint density at radius 1 is 0.762 bits per heavy atom. The Labute approximate surface area is 125 Å². The zero-order valence-corrected chi connectivity index (χ0v) is 12.5. The van der Waals surface area contributed by atoms with Crippen LogP contribution in [-0.2, 0) is 6.54 Å². The second-order valence-corrected chi connectivity index (χ2v) is 4.55. The van der Waals surface area contributed by atoms with Gasteiger partial charge in [0.1, 0.15) is 23.9 Å². The molecule has 0 aliphatic rings. The van der Waals surface area contributed by atoms with Crippen LogP contribution in [0, 0.1) is 0 Å². The molecule has 0 radical (unpaired) electrons. The van der Waals surface area contributed by atoms with Crippen molar-refractivity contribution in [3.8, 4) is 17.2 Å². The first-order valence-electron chi connectivity index (χ1n) is 6.92. The Hall–Kier alpha value is -2.20. The van der Waals surface area contributed by atoms with Gasteiger partial charge in [0.15, 0.2) is 0 Å². The van der Waals surface area contributed by atoms with Gasteiger partial charge >= 0.3 is 0 Å². The quantitative estimate of drug-likeness (QED) is 0.758. The van der Waals surface area contributed by atoms with Gasteiger partial charge in [-0.25, -0.2) is 0 Å². The molecule has 0 spiro atoms. The number of hydrogen-bond acceptors (Lipinski definition) is 4. The highest BCUT2D eigenvalue weighted by Crippen LogP contribution is 2.16. The number of benzene rings is 2. The Balaban J connectivity index is 1.64. The summed E-state index contributed by atoms with van der Waals surface area (Å²) >= 11 is 0. The molecule has 0 bridgehead atoms. The number of nitrogens with one attached hydrogen (secondary N) is 1. The third-order valence-electron chi connectivity index (χ3n) is 3.10. The van der Waals surface area contributed by atoms with Crippen molar-refractivity contribution in [2.24, 2.45) is 0 Å². The summed E-state index contributed by atoms with van der Waals surface area (Å²) in [6, 6.07) is 15.6. The van der Waals surface area contributed by atoms with E-state index in [4.69, 9.17) is 14.2 Å². The minimum absolute atomic E-state index is 0.627. The lowest BCUT2D eigenvalue weighted by molar-refractivity contribution is 0.313. The molecule has 0 amide bonds. The van der Waals surface area contributed by atoms with Crippen molar-refractivity contribution in [2.45, 2.75) is 6.54 Å². The SMILES string of the molecule is COc1ccc(CNCCOc2ccc(OC)cc2)cc1. The van der Waals surface area contributed by atoms with Crippen LogP contribution in [0.1, 0.15) is 5.56 Å². The summed E-state index contributed by atoms with van der Waals surface area (Å²) in [5, 5.41) is 3.34. The fourth-order valence-electron chi connectivity index (χ4n) is 1.89. The Bertz CT molecular complexity index is 473. The van der Waals surface area contributed by atoms with E-state index in [-0.39, 0.29) is 0 Å². The summed E-state index contributed by atoms with van der Waals surface area (Å²) in [5.41, 5.74) is 1.22. The van der Waals surface area contributed by atoms with Gasteiger partial charge in [-0.15, -0.1) is 0 Å². The molecule has 1 N–H and O–H groups in total. The van der Waals surface area contributed by atoms with Crippen LogP contribution in [0.3, 0.4) is 0 Å². The molecule has 0 aromatic heterocycles. The standard InChI is InChI=1S/C17H21NO3/c1-19-15-5-3-14(4-6-15)13-18-11-12-21-17-9-7-16(20-2)8-10-17/h3-10,18H,11-13H2,1-2H3. The van der Waals surface area contributed by atoms with Crippen molar-refractivity contribution in [2.75, 3.05) is 27.4 Å². The highest BCUT2D eigenvalue weighted by molar-refractivity contribution is 5.31. The van der Waals surface area contributed by atoms with E-state index < -0.39 is 0 Å². The van der Waals surface area contributed by atoms with Gasteiger partial charge in [-0.3, -0.25) is 0 Å². The van der Waals surface area contributed by atoms with E-state index in [9.17, 15) is 0 Å².